The van der Waals surface area contributed by atoms with E-state index in [1.807, 2.05) is 0 Å². The molecule has 0 bridgehead atoms. The predicted molar refractivity (Wildman–Crippen MR) is 94.0 cm³/mol. The van der Waals surface area contributed by atoms with Crippen molar-refractivity contribution in [2.75, 3.05) is 0 Å². The summed E-state index contributed by atoms with van der Waals surface area (Å²) in [5.74, 6) is 0. The molecule has 2 rings (SSSR count). The molecule has 2 heterocycles. The Morgan fingerprint density at radius 3 is 1.32 bits per heavy atom. The second-order valence-corrected chi connectivity index (χ2v) is 16.9. The molecular weight excluding hydrogens is 392 g/mol. The molecule has 0 aliphatic carbocycles. The van der Waals surface area contributed by atoms with E-state index in [2.05, 4.69) is 53.7 Å². The molecule has 0 aromatic rings. The van der Waals surface area contributed by atoms with Crippen LogP contribution in [0.4, 0.5) is 0 Å². The van der Waals surface area contributed by atoms with Gasteiger partial charge in [-0.3, -0.25) is 0 Å². The number of hydrogen-bond donors (Lipinski definition) is 0. The van der Waals surface area contributed by atoms with E-state index >= 15 is 0 Å². The van der Waals surface area contributed by atoms with Crippen molar-refractivity contribution in [1.29, 1.82) is 0 Å². The topological polar surface area (TPSA) is 0 Å². The van der Waals surface area contributed by atoms with Crippen molar-refractivity contribution < 1.29 is 23.2 Å². The van der Waals surface area contributed by atoms with Crippen molar-refractivity contribution >= 4 is 51.8 Å². The van der Waals surface area contributed by atoms with Crippen molar-refractivity contribution in [2.45, 2.75) is 47.3 Å². The summed E-state index contributed by atoms with van der Waals surface area (Å²) in [5.41, 5.74) is 3.07. The van der Waals surface area contributed by atoms with Crippen LogP contribution < -0.4 is 0 Å². The van der Waals surface area contributed by atoms with Gasteiger partial charge < -0.3 is 0 Å². The summed E-state index contributed by atoms with van der Waals surface area (Å²) in [5, 5.41) is 3.18. The van der Waals surface area contributed by atoms with Crippen LogP contribution in [0, 0.1) is 0 Å². The molecule has 5 heteroatoms. The van der Waals surface area contributed by atoms with E-state index in [1.165, 1.54) is 11.1 Å². The quantitative estimate of drug-likeness (QED) is 0.521. The zero-order valence-corrected chi connectivity index (χ0v) is 18.2. The van der Waals surface area contributed by atoms with Crippen LogP contribution in [0.1, 0.15) is 41.5 Å². The van der Waals surface area contributed by atoms with Gasteiger partial charge in [0.25, 0.3) is 0 Å². The molecule has 0 aromatic carbocycles. The van der Waals surface area contributed by atoms with Gasteiger partial charge in [-0.25, -0.2) is 0 Å². The van der Waals surface area contributed by atoms with Gasteiger partial charge in [-0.15, -0.1) is 24.8 Å². The fourth-order valence-electron chi connectivity index (χ4n) is 2.63. The first kappa shape index (κ1) is 20.3. The molecule has 0 spiro atoms. The molecule has 0 aromatic heterocycles. The van der Waals surface area contributed by atoms with Gasteiger partial charge in [-0.2, -0.15) is 0 Å². The Balaban J connectivity index is 0.00000162. The van der Waals surface area contributed by atoms with Gasteiger partial charge in [-0.1, -0.05) is 0 Å². The Bertz CT molecular complexity index is 410. The van der Waals surface area contributed by atoms with Crippen LogP contribution in [0.15, 0.2) is 23.3 Å². The third-order valence-electron chi connectivity index (χ3n) is 3.44. The molecule has 0 amide bonds. The van der Waals surface area contributed by atoms with Crippen LogP contribution in [-0.2, 0) is 23.2 Å². The monoisotopic (exact) mass is 412 g/mol. The maximum absolute atomic E-state index is 2.56. The van der Waals surface area contributed by atoms with Gasteiger partial charge in [0.1, 0.15) is 0 Å². The summed E-state index contributed by atoms with van der Waals surface area (Å²) >= 11 is -0.496. The SMILES string of the molecule is CC1=C[C](C)([Zr][C]2(C)C=C(C)C(C)=P2)P=C1C.Cl.Cl. The molecule has 0 nitrogen and oxygen atoms in total. The first-order valence-electron chi connectivity index (χ1n) is 6.05. The Kier molecular flexibility index (Phi) is 7.50. The summed E-state index contributed by atoms with van der Waals surface area (Å²) in [6, 6.07) is 0. The van der Waals surface area contributed by atoms with E-state index in [1.54, 1.807) is 27.0 Å². The fourth-order valence-corrected chi connectivity index (χ4v) is 15.6. The van der Waals surface area contributed by atoms with Crippen LogP contribution in [-0.4, -0.2) is 16.3 Å². The zero-order chi connectivity index (χ0) is 12.8. The Morgan fingerprint density at radius 1 is 0.789 bits per heavy atom. The molecule has 0 saturated heterocycles. The summed E-state index contributed by atoms with van der Waals surface area (Å²) in [6.45, 7) is 14.1. The normalized spacial score (nSPS) is 34.2. The van der Waals surface area contributed by atoms with Gasteiger partial charge in [-0.05, 0) is 0 Å². The first-order valence-corrected chi connectivity index (χ1v) is 10.3. The van der Waals surface area contributed by atoms with E-state index in [4.69, 9.17) is 0 Å². The second-order valence-electron chi connectivity index (χ2n) is 5.47. The molecule has 0 N–H and O–H groups in total. The van der Waals surface area contributed by atoms with Gasteiger partial charge in [0, 0.05) is 0 Å². The summed E-state index contributed by atoms with van der Waals surface area (Å²) in [4.78, 5) is 0. The number of allylic oxidation sites excluding steroid dienone is 4. The minimum absolute atomic E-state index is 0. The molecular formula is C14H22Cl2P2Zr. The maximum atomic E-state index is 2.56. The Hall–Kier alpha value is 1.28. The first-order chi connectivity index (χ1) is 7.73. The van der Waals surface area contributed by atoms with Crippen molar-refractivity contribution in [3.05, 3.63) is 23.3 Å². The Morgan fingerprint density at radius 2 is 1.11 bits per heavy atom. The van der Waals surface area contributed by atoms with E-state index in [0.717, 1.165) is 0 Å². The standard InChI is InChI=1S/2C7H10P.2ClH.Zr/c2*1-5-4-6(2)8-7(5)3;;;/h2*4H,1-3H3;2*1H;. The molecule has 0 fully saturated rings. The minimum Gasteiger partial charge on any atom is -0.147 e. The van der Waals surface area contributed by atoms with Gasteiger partial charge in [0.2, 0.25) is 0 Å². The van der Waals surface area contributed by atoms with Gasteiger partial charge >= 0.3 is 121 Å². The molecule has 2 unspecified atom stereocenters. The molecule has 106 valence electrons. The van der Waals surface area contributed by atoms with Crippen molar-refractivity contribution in [3.8, 4) is 0 Å². The third-order valence-corrected chi connectivity index (χ3v) is 12.2. The summed E-state index contributed by atoms with van der Waals surface area (Å²) < 4.78 is 1.03. The van der Waals surface area contributed by atoms with E-state index < -0.39 is 23.2 Å². The van der Waals surface area contributed by atoms with Crippen molar-refractivity contribution in [3.63, 3.8) is 0 Å². The summed E-state index contributed by atoms with van der Waals surface area (Å²) in [6.07, 6.45) is 5.13. The minimum atomic E-state index is -0.496. The fraction of sp³-hybridized carbons (Fsp3) is 0.571. The van der Waals surface area contributed by atoms with Crippen LogP contribution in [0.2, 0.25) is 0 Å². The van der Waals surface area contributed by atoms with E-state index in [0.29, 0.717) is 5.73 Å². The van der Waals surface area contributed by atoms with Crippen molar-refractivity contribution in [2.24, 2.45) is 0 Å². The largest absolute Gasteiger partial charge is 0.147 e. The number of rotatable bonds is 2. The number of hydrogen-bond acceptors (Lipinski definition) is 0. The van der Waals surface area contributed by atoms with Crippen LogP contribution in [0.25, 0.3) is 0 Å². The molecule has 19 heavy (non-hydrogen) atoms. The van der Waals surface area contributed by atoms with Crippen molar-refractivity contribution in [1.82, 2.24) is 0 Å². The average molecular weight is 414 g/mol. The Labute approximate surface area is 144 Å². The van der Waals surface area contributed by atoms with Crippen LogP contribution in [0.3, 0.4) is 0 Å². The van der Waals surface area contributed by atoms with E-state index in [9.17, 15) is 0 Å². The molecule has 2 atom stereocenters. The average Bonchev–Trinajstić information content (AvgIpc) is 2.51. The van der Waals surface area contributed by atoms with Crippen LogP contribution in [0.5, 0.6) is 0 Å². The molecule has 2 aliphatic heterocycles. The zero-order valence-electron chi connectivity index (χ0n) is 12.4. The molecule has 0 saturated carbocycles. The van der Waals surface area contributed by atoms with Gasteiger partial charge in [0.15, 0.2) is 0 Å². The maximum Gasteiger partial charge on any atom is -0.147 e. The number of halogens is 2. The molecule has 0 radical (unpaired) electrons. The van der Waals surface area contributed by atoms with Gasteiger partial charge in [0.05, 0.1) is 0 Å². The third kappa shape index (κ3) is 4.63. The predicted octanol–water partition coefficient (Wildman–Crippen LogP) is 5.54. The summed E-state index contributed by atoms with van der Waals surface area (Å²) in [7, 11) is 3.18. The van der Waals surface area contributed by atoms with Crippen LogP contribution >= 0.6 is 41.2 Å². The smallest absolute Gasteiger partial charge is 0.147 e. The molecule has 2 aliphatic rings. The van der Waals surface area contributed by atoms with E-state index in [-0.39, 0.29) is 24.8 Å². The second kappa shape index (κ2) is 7.03.